The first-order valence-corrected chi connectivity index (χ1v) is 11.9. The van der Waals surface area contributed by atoms with E-state index >= 15 is 0 Å². The second-order valence-electron chi connectivity index (χ2n) is 7.06. The van der Waals surface area contributed by atoms with Crippen LogP contribution in [0.1, 0.15) is 6.92 Å². The lowest BCUT2D eigenvalue weighted by Gasteiger charge is -2.24. The number of benzene rings is 3. The van der Waals surface area contributed by atoms with Crippen molar-refractivity contribution in [3.8, 4) is 11.5 Å². The van der Waals surface area contributed by atoms with E-state index in [9.17, 15) is 17.6 Å². The van der Waals surface area contributed by atoms with Crippen LogP contribution in [0.4, 0.5) is 15.8 Å². The molecule has 34 heavy (non-hydrogen) atoms. The standard InChI is InChI=1S/C25H25FN2O5S/c1-3-17-33-23-11-7-20(8-12-23)27-25(29)18-28(21-9-13-22(14-10-21)32-4-2)34(30,31)24-15-5-19(26)6-16-24/h3,5-16H,1,4,17-18H2,2H3,(H,27,29). The fourth-order valence-electron chi connectivity index (χ4n) is 3.04. The van der Waals surface area contributed by atoms with Gasteiger partial charge in [0.25, 0.3) is 10.0 Å². The summed E-state index contributed by atoms with van der Waals surface area (Å²) in [6.07, 6.45) is 1.62. The third kappa shape index (κ3) is 6.35. The molecule has 3 rings (SSSR count). The number of anilines is 2. The molecule has 3 aromatic rings. The van der Waals surface area contributed by atoms with E-state index in [1.165, 1.54) is 0 Å². The third-order valence-corrected chi connectivity index (χ3v) is 6.42. The highest BCUT2D eigenvalue weighted by Gasteiger charge is 2.27. The summed E-state index contributed by atoms with van der Waals surface area (Å²) in [5.74, 6) is 0.0468. The number of hydrogen-bond acceptors (Lipinski definition) is 5. The van der Waals surface area contributed by atoms with Crippen LogP contribution in [0, 0.1) is 5.82 Å². The van der Waals surface area contributed by atoms with Crippen molar-refractivity contribution in [1.82, 2.24) is 0 Å². The number of nitrogens with one attached hydrogen (secondary N) is 1. The van der Waals surface area contributed by atoms with Crippen LogP contribution in [-0.4, -0.2) is 34.1 Å². The molecule has 0 spiro atoms. The number of nitrogens with zero attached hydrogens (tertiary/aromatic N) is 1. The molecule has 0 fully saturated rings. The van der Waals surface area contributed by atoms with Gasteiger partial charge in [0, 0.05) is 5.69 Å². The summed E-state index contributed by atoms with van der Waals surface area (Å²) in [5, 5.41) is 2.68. The zero-order valence-electron chi connectivity index (χ0n) is 18.6. The molecule has 0 aliphatic rings. The smallest absolute Gasteiger partial charge is 0.264 e. The number of ether oxygens (including phenoxy) is 2. The summed E-state index contributed by atoms with van der Waals surface area (Å²) in [6, 6.07) is 17.4. The molecule has 0 aromatic heterocycles. The van der Waals surface area contributed by atoms with E-state index in [2.05, 4.69) is 11.9 Å². The molecule has 0 heterocycles. The Hall–Kier alpha value is -3.85. The molecule has 3 aromatic carbocycles. The number of carbonyl (C=O) groups excluding carboxylic acids is 1. The van der Waals surface area contributed by atoms with E-state index in [0.29, 0.717) is 30.4 Å². The minimum atomic E-state index is -4.16. The zero-order chi connectivity index (χ0) is 24.6. The van der Waals surface area contributed by atoms with Gasteiger partial charge in [-0.25, -0.2) is 12.8 Å². The van der Waals surface area contributed by atoms with Gasteiger partial charge in [0.2, 0.25) is 5.91 Å². The van der Waals surface area contributed by atoms with Gasteiger partial charge in [-0.05, 0) is 79.7 Å². The second-order valence-corrected chi connectivity index (χ2v) is 8.93. The fraction of sp³-hybridized carbons (Fsp3) is 0.160. The average Bonchev–Trinajstić information content (AvgIpc) is 2.83. The van der Waals surface area contributed by atoms with Gasteiger partial charge in [0.1, 0.15) is 30.5 Å². The maximum absolute atomic E-state index is 13.4. The molecule has 0 saturated heterocycles. The normalized spacial score (nSPS) is 10.9. The van der Waals surface area contributed by atoms with E-state index < -0.39 is 28.3 Å². The molecular formula is C25H25FN2O5S. The van der Waals surface area contributed by atoms with Crippen LogP contribution in [0.3, 0.4) is 0 Å². The molecule has 0 radical (unpaired) electrons. The number of halogens is 1. The molecule has 0 saturated carbocycles. The molecule has 0 unspecified atom stereocenters. The van der Waals surface area contributed by atoms with Crippen molar-refractivity contribution in [1.29, 1.82) is 0 Å². The van der Waals surface area contributed by atoms with Crippen molar-refractivity contribution in [2.24, 2.45) is 0 Å². The lowest BCUT2D eigenvalue weighted by molar-refractivity contribution is -0.114. The van der Waals surface area contributed by atoms with Crippen LogP contribution in [-0.2, 0) is 14.8 Å². The number of rotatable bonds is 11. The summed E-state index contributed by atoms with van der Waals surface area (Å²) in [6.45, 7) is 5.73. The Labute approximate surface area is 198 Å². The SMILES string of the molecule is C=CCOc1ccc(NC(=O)CN(c2ccc(OCC)cc2)S(=O)(=O)c2ccc(F)cc2)cc1. The van der Waals surface area contributed by atoms with Crippen molar-refractivity contribution in [2.75, 3.05) is 29.4 Å². The predicted octanol–water partition coefficient (Wildman–Crippen LogP) is 4.62. The molecule has 0 aliphatic carbocycles. The molecule has 1 amide bonds. The first-order chi connectivity index (χ1) is 16.3. The first kappa shape index (κ1) is 24.8. The second kappa shape index (κ2) is 11.3. The molecular weight excluding hydrogens is 459 g/mol. The lowest BCUT2D eigenvalue weighted by Crippen LogP contribution is -2.38. The van der Waals surface area contributed by atoms with Crippen LogP contribution in [0.15, 0.2) is 90.3 Å². The molecule has 0 atom stereocenters. The number of sulfonamides is 1. The van der Waals surface area contributed by atoms with Crippen molar-refractivity contribution in [2.45, 2.75) is 11.8 Å². The monoisotopic (exact) mass is 484 g/mol. The van der Waals surface area contributed by atoms with E-state index in [1.54, 1.807) is 54.6 Å². The van der Waals surface area contributed by atoms with Crippen LogP contribution < -0.4 is 19.1 Å². The molecule has 0 bridgehead atoms. The Morgan fingerprint density at radius 1 is 0.971 bits per heavy atom. The molecule has 7 nitrogen and oxygen atoms in total. The highest BCUT2D eigenvalue weighted by molar-refractivity contribution is 7.92. The van der Waals surface area contributed by atoms with E-state index in [1.807, 2.05) is 6.92 Å². The summed E-state index contributed by atoms with van der Waals surface area (Å²) < 4.78 is 51.9. The summed E-state index contributed by atoms with van der Waals surface area (Å²) in [4.78, 5) is 12.7. The Bertz CT molecular complexity index is 1210. The fourth-order valence-corrected chi connectivity index (χ4v) is 4.47. The van der Waals surface area contributed by atoms with Crippen molar-refractivity contribution >= 4 is 27.3 Å². The first-order valence-electron chi connectivity index (χ1n) is 10.5. The zero-order valence-corrected chi connectivity index (χ0v) is 19.4. The van der Waals surface area contributed by atoms with Gasteiger partial charge in [-0.3, -0.25) is 9.10 Å². The third-order valence-electron chi connectivity index (χ3n) is 4.63. The highest BCUT2D eigenvalue weighted by Crippen LogP contribution is 2.26. The van der Waals surface area contributed by atoms with Gasteiger partial charge in [0.15, 0.2) is 0 Å². The maximum Gasteiger partial charge on any atom is 0.264 e. The Balaban J connectivity index is 1.85. The minimum absolute atomic E-state index is 0.140. The lowest BCUT2D eigenvalue weighted by atomic mass is 10.3. The van der Waals surface area contributed by atoms with Gasteiger partial charge in [-0.1, -0.05) is 12.7 Å². The van der Waals surface area contributed by atoms with Crippen LogP contribution in [0.25, 0.3) is 0 Å². The van der Waals surface area contributed by atoms with Gasteiger partial charge in [0.05, 0.1) is 17.2 Å². The average molecular weight is 485 g/mol. The maximum atomic E-state index is 13.4. The Morgan fingerprint density at radius 3 is 2.15 bits per heavy atom. The quantitative estimate of drug-likeness (QED) is 0.402. The van der Waals surface area contributed by atoms with Crippen molar-refractivity contribution in [3.63, 3.8) is 0 Å². The number of amides is 1. The highest BCUT2D eigenvalue weighted by atomic mass is 32.2. The van der Waals surface area contributed by atoms with Crippen LogP contribution >= 0.6 is 0 Å². The summed E-state index contributed by atoms with van der Waals surface area (Å²) >= 11 is 0. The van der Waals surface area contributed by atoms with Crippen LogP contribution in [0.2, 0.25) is 0 Å². The van der Waals surface area contributed by atoms with E-state index in [0.717, 1.165) is 28.6 Å². The van der Waals surface area contributed by atoms with Gasteiger partial charge in [-0.15, -0.1) is 0 Å². The molecule has 0 aliphatic heterocycles. The predicted molar refractivity (Wildman–Crippen MR) is 129 cm³/mol. The van der Waals surface area contributed by atoms with Crippen molar-refractivity contribution in [3.05, 3.63) is 91.3 Å². The Kier molecular flexibility index (Phi) is 8.26. The molecule has 9 heteroatoms. The van der Waals surface area contributed by atoms with Gasteiger partial charge >= 0.3 is 0 Å². The number of carbonyl (C=O) groups is 1. The van der Waals surface area contributed by atoms with Gasteiger partial charge in [-0.2, -0.15) is 0 Å². The van der Waals surface area contributed by atoms with Crippen molar-refractivity contribution < 1.29 is 27.1 Å². The number of hydrogen-bond donors (Lipinski definition) is 1. The Morgan fingerprint density at radius 2 is 1.56 bits per heavy atom. The van der Waals surface area contributed by atoms with Gasteiger partial charge < -0.3 is 14.8 Å². The molecule has 178 valence electrons. The van der Waals surface area contributed by atoms with E-state index in [-0.39, 0.29) is 10.6 Å². The molecule has 1 N–H and O–H groups in total. The topological polar surface area (TPSA) is 84.9 Å². The summed E-state index contributed by atoms with van der Waals surface area (Å²) in [7, 11) is -4.16. The minimum Gasteiger partial charge on any atom is -0.494 e. The van der Waals surface area contributed by atoms with E-state index in [4.69, 9.17) is 9.47 Å². The summed E-state index contributed by atoms with van der Waals surface area (Å²) in [5.41, 5.74) is 0.734. The van der Waals surface area contributed by atoms with Crippen LogP contribution in [0.5, 0.6) is 11.5 Å². The largest absolute Gasteiger partial charge is 0.494 e.